The van der Waals surface area contributed by atoms with Gasteiger partial charge >= 0.3 is 5.97 Å². The number of benzene rings is 2. The van der Waals surface area contributed by atoms with Crippen LogP contribution in [0.2, 0.25) is 0 Å². The number of hydrogen-bond donors (Lipinski definition) is 0. The molecule has 0 N–H and O–H groups in total. The number of imide groups is 1. The number of amides is 2. The van der Waals surface area contributed by atoms with Crippen LogP contribution in [0.1, 0.15) is 36.5 Å². The van der Waals surface area contributed by atoms with E-state index in [-0.39, 0.29) is 40.7 Å². The zero-order valence-corrected chi connectivity index (χ0v) is 16.3. The smallest absolute Gasteiger partial charge is 0.343 e. The third-order valence-electron chi connectivity index (χ3n) is 5.79. The van der Waals surface area contributed by atoms with Crippen LogP contribution in [0.25, 0.3) is 0 Å². The van der Waals surface area contributed by atoms with Crippen LogP contribution >= 0.6 is 0 Å². The Kier molecular flexibility index (Phi) is 5.07. The zero-order chi connectivity index (χ0) is 21.4. The molecule has 1 aliphatic carbocycles. The van der Waals surface area contributed by atoms with E-state index < -0.39 is 10.9 Å². The quantitative estimate of drug-likeness (QED) is 0.251. The summed E-state index contributed by atoms with van der Waals surface area (Å²) in [5, 5.41) is 10.7. The van der Waals surface area contributed by atoms with Gasteiger partial charge < -0.3 is 4.74 Å². The third-order valence-corrected chi connectivity index (χ3v) is 5.79. The van der Waals surface area contributed by atoms with Gasteiger partial charge in [0.25, 0.3) is 5.69 Å². The number of nitro benzene ring substituents is 1. The summed E-state index contributed by atoms with van der Waals surface area (Å²) in [6.07, 6.45) is 2.33. The average molecular weight is 408 g/mol. The number of hydrogen-bond acceptors (Lipinski definition) is 6. The molecular formula is C22H20N2O6. The van der Waals surface area contributed by atoms with E-state index in [0.29, 0.717) is 24.4 Å². The molecule has 30 heavy (non-hydrogen) atoms. The van der Waals surface area contributed by atoms with E-state index in [1.54, 1.807) is 12.1 Å². The van der Waals surface area contributed by atoms with Gasteiger partial charge in [-0.3, -0.25) is 24.6 Å². The first-order valence-corrected chi connectivity index (χ1v) is 9.79. The minimum atomic E-state index is -0.684. The minimum absolute atomic E-state index is 0.112. The van der Waals surface area contributed by atoms with Gasteiger partial charge in [-0.05, 0) is 55.5 Å². The number of carbonyl (C=O) groups is 3. The second-order valence-electron chi connectivity index (χ2n) is 7.83. The Hall–Kier alpha value is -3.55. The van der Waals surface area contributed by atoms with Gasteiger partial charge in [0.2, 0.25) is 11.8 Å². The van der Waals surface area contributed by atoms with Crippen molar-refractivity contribution >= 4 is 29.2 Å². The lowest BCUT2D eigenvalue weighted by Gasteiger charge is -2.25. The van der Waals surface area contributed by atoms with Crippen LogP contribution in [0.4, 0.5) is 11.4 Å². The Balaban J connectivity index is 1.54. The van der Waals surface area contributed by atoms with E-state index in [9.17, 15) is 24.5 Å². The summed E-state index contributed by atoms with van der Waals surface area (Å²) in [5.41, 5.74) is 0.415. The minimum Gasteiger partial charge on any atom is -0.423 e. The fourth-order valence-electron chi connectivity index (χ4n) is 4.22. The maximum atomic E-state index is 12.9. The van der Waals surface area contributed by atoms with E-state index >= 15 is 0 Å². The Morgan fingerprint density at radius 1 is 1.07 bits per heavy atom. The van der Waals surface area contributed by atoms with Crippen molar-refractivity contribution in [1.82, 2.24) is 0 Å². The Labute approximate surface area is 172 Å². The lowest BCUT2D eigenvalue weighted by Crippen LogP contribution is -2.31. The Morgan fingerprint density at radius 3 is 2.47 bits per heavy atom. The molecule has 1 heterocycles. The Bertz CT molecular complexity index is 1030. The highest BCUT2D eigenvalue weighted by atomic mass is 16.6. The van der Waals surface area contributed by atoms with Gasteiger partial charge in [-0.15, -0.1) is 0 Å². The van der Waals surface area contributed by atoms with Crippen LogP contribution in [-0.2, 0) is 9.59 Å². The molecule has 0 radical (unpaired) electrons. The molecule has 0 unspecified atom stereocenters. The fraction of sp³-hybridized carbons (Fsp3) is 0.318. The summed E-state index contributed by atoms with van der Waals surface area (Å²) >= 11 is 0. The first kappa shape index (κ1) is 19.8. The van der Waals surface area contributed by atoms with Crippen molar-refractivity contribution in [2.45, 2.75) is 26.2 Å². The number of esters is 1. The van der Waals surface area contributed by atoms with E-state index in [4.69, 9.17) is 4.74 Å². The molecule has 1 saturated heterocycles. The van der Waals surface area contributed by atoms with E-state index in [0.717, 1.165) is 6.42 Å². The molecule has 8 nitrogen and oxygen atoms in total. The summed E-state index contributed by atoms with van der Waals surface area (Å²) in [4.78, 5) is 49.6. The van der Waals surface area contributed by atoms with Crippen molar-refractivity contribution in [2.75, 3.05) is 4.90 Å². The second-order valence-corrected chi connectivity index (χ2v) is 7.83. The summed E-state index contributed by atoms with van der Waals surface area (Å²) in [6, 6.07) is 11.3. The molecular weight excluding hydrogens is 388 g/mol. The number of rotatable bonds is 4. The van der Waals surface area contributed by atoms with Gasteiger partial charge in [0.15, 0.2) is 0 Å². The largest absolute Gasteiger partial charge is 0.423 e. The molecule has 2 fully saturated rings. The first-order valence-electron chi connectivity index (χ1n) is 9.79. The molecule has 4 rings (SSSR count). The van der Waals surface area contributed by atoms with Gasteiger partial charge in [0, 0.05) is 12.1 Å². The molecule has 3 atom stereocenters. The van der Waals surface area contributed by atoms with E-state index in [1.165, 1.54) is 41.3 Å². The SMILES string of the molecule is C[C@@H]1CC[C@H]2C(=O)N(c3cccc(C(=O)Oc4ccc([N+](=O)[O-])cc4)c3)C(=O)[C@H]2C1. The number of carbonyl (C=O) groups excluding carboxylic acids is 3. The van der Waals surface area contributed by atoms with Gasteiger partial charge in [-0.25, -0.2) is 4.79 Å². The van der Waals surface area contributed by atoms with Crippen LogP contribution in [0, 0.1) is 27.9 Å². The van der Waals surface area contributed by atoms with Crippen LogP contribution in [-0.4, -0.2) is 22.7 Å². The van der Waals surface area contributed by atoms with Crippen molar-refractivity contribution in [1.29, 1.82) is 0 Å². The van der Waals surface area contributed by atoms with Gasteiger partial charge in [0.05, 0.1) is 28.0 Å². The lowest BCUT2D eigenvalue weighted by molar-refractivity contribution is -0.384. The van der Waals surface area contributed by atoms with Crippen molar-refractivity contribution in [3.05, 3.63) is 64.2 Å². The number of anilines is 1. The maximum Gasteiger partial charge on any atom is 0.343 e. The van der Waals surface area contributed by atoms with Crippen LogP contribution in [0.15, 0.2) is 48.5 Å². The molecule has 2 amide bonds. The predicted molar refractivity (Wildman–Crippen MR) is 107 cm³/mol. The molecule has 8 heteroatoms. The van der Waals surface area contributed by atoms with Crippen molar-refractivity contribution in [3.8, 4) is 5.75 Å². The number of fused-ring (bicyclic) bond motifs is 1. The molecule has 2 aliphatic rings. The third kappa shape index (κ3) is 3.56. The van der Waals surface area contributed by atoms with Crippen molar-refractivity contribution in [2.24, 2.45) is 17.8 Å². The molecule has 0 aromatic heterocycles. The fourth-order valence-corrected chi connectivity index (χ4v) is 4.22. The molecule has 1 saturated carbocycles. The lowest BCUT2D eigenvalue weighted by atomic mass is 9.76. The van der Waals surface area contributed by atoms with Gasteiger partial charge in [-0.2, -0.15) is 0 Å². The molecule has 0 bridgehead atoms. The predicted octanol–water partition coefficient (Wildman–Crippen LogP) is 3.74. The number of ether oxygens (including phenoxy) is 1. The Morgan fingerprint density at radius 2 is 1.77 bits per heavy atom. The van der Waals surface area contributed by atoms with Gasteiger partial charge in [-0.1, -0.05) is 13.0 Å². The summed E-state index contributed by atoms with van der Waals surface area (Å²) in [7, 11) is 0. The summed E-state index contributed by atoms with van der Waals surface area (Å²) in [5.74, 6) is -1.12. The van der Waals surface area contributed by atoms with Crippen LogP contribution in [0.5, 0.6) is 5.75 Å². The highest BCUT2D eigenvalue weighted by Crippen LogP contribution is 2.42. The van der Waals surface area contributed by atoms with E-state index in [1.807, 2.05) is 0 Å². The molecule has 154 valence electrons. The highest BCUT2D eigenvalue weighted by molar-refractivity contribution is 6.22. The maximum absolute atomic E-state index is 12.9. The monoisotopic (exact) mass is 408 g/mol. The highest BCUT2D eigenvalue weighted by Gasteiger charge is 2.50. The summed E-state index contributed by atoms with van der Waals surface area (Å²) in [6.45, 7) is 2.09. The average Bonchev–Trinajstić information content (AvgIpc) is 2.98. The number of nitrogens with zero attached hydrogens (tertiary/aromatic N) is 2. The van der Waals surface area contributed by atoms with Crippen molar-refractivity contribution in [3.63, 3.8) is 0 Å². The van der Waals surface area contributed by atoms with Crippen LogP contribution in [0.3, 0.4) is 0 Å². The second kappa shape index (κ2) is 7.70. The van der Waals surface area contributed by atoms with Crippen LogP contribution < -0.4 is 9.64 Å². The van der Waals surface area contributed by atoms with E-state index in [2.05, 4.69) is 6.92 Å². The topological polar surface area (TPSA) is 107 Å². The molecule has 2 aromatic carbocycles. The normalized spacial score (nSPS) is 23.2. The number of nitro groups is 1. The molecule has 0 spiro atoms. The number of non-ortho nitro benzene ring substituents is 1. The molecule has 1 aliphatic heterocycles. The first-order chi connectivity index (χ1) is 14.3. The van der Waals surface area contributed by atoms with Gasteiger partial charge in [0.1, 0.15) is 5.75 Å². The zero-order valence-electron chi connectivity index (χ0n) is 16.3. The standard InChI is InChI=1S/C22H20N2O6/c1-13-5-10-18-19(11-13)21(26)23(20(18)25)16-4-2-3-14(12-16)22(27)30-17-8-6-15(7-9-17)24(28)29/h2-4,6-9,12-13,18-19H,5,10-11H2,1H3/t13-,18-,19+/m1/s1. The van der Waals surface area contributed by atoms with Crippen molar-refractivity contribution < 1.29 is 24.0 Å². The summed E-state index contributed by atoms with van der Waals surface area (Å²) < 4.78 is 5.27. The molecule has 2 aromatic rings.